The molecule has 4 heteroatoms. The number of hydrogen-bond donors (Lipinski definition) is 0. The van der Waals surface area contributed by atoms with Gasteiger partial charge in [0, 0.05) is 0 Å². The maximum atomic E-state index is 12.0. The van der Waals surface area contributed by atoms with Gasteiger partial charge >= 0.3 is 11.9 Å². The van der Waals surface area contributed by atoms with Crippen LogP contribution in [0, 0.1) is 17.8 Å². The SMILES string of the molecule is CC1CC(C(=O)OC(C)C)C(C(=O)OC(C)C)C1. The fraction of sp³-hybridized carbons (Fsp3) is 0.857. The first kappa shape index (κ1) is 15.0. The molecule has 1 aliphatic rings. The lowest BCUT2D eigenvalue weighted by Crippen LogP contribution is -2.31. The third-order valence-electron chi connectivity index (χ3n) is 3.11. The van der Waals surface area contributed by atoms with Crippen molar-refractivity contribution in [2.45, 2.75) is 59.7 Å². The number of carbonyl (C=O) groups is 2. The molecule has 4 nitrogen and oxygen atoms in total. The Labute approximate surface area is 109 Å². The molecule has 0 amide bonds. The van der Waals surface area contributed by atoms with Gasteiger partial charge in [-0.15, -0.1) is 0 Å². The molecule has 0 aromatic heterocycles. The van der Waals surface area contributed by atoms with Crippen LogP contribution in [0.5, 0.6) is 0 Å². The van der Waals surface area contributed by atoms with E-state index in [2.05, 4.69) is 6.92 Å². The predicted molar refractivity (Wildman–Crippen MR) is 67.8 cm³/mol. The van der Waals surface area contributed by atoms with Crippen molar-refractivity contribution in [3.8, 4) is 0 Å². The zero-order valence-corrected chi connectivity index (χ0v) is 11.9. The molecule has 2 atom stereocenters. The molecular weight excluding hydrogens is 232 g/mol. The second kappa shape index (κ2) is 6.21. The van der Waals surface area contributed by atoms with Gasteiger partial charge in [-0.3, -0.25) is 9.59 Å². The lowest BCUT2D eigenvalue weighted by molar-refractivity contribution is -0.163. The molecule has 1 fully saturated rings. The van der Waals surface area contributed by atoms with Crippen molar-refractivity contribution in [2.24, 2.45) is 17.8 Å². The van der Waals surface area contributed by atoms with Crippen molar-refractivity contribution in [1.29, 1.82) is 0 Å². The van der Waals surface area contributed by atoms with Gasteiger partial charge in [-0.25, -0.2) is 0 Å². The van der Waals surface area contributed by atoms with Gasteiger partial charge < -0.3 is 9.47 Å². The number of esters is 2. The monoisotopic (exact) mass is 256 g/mol. The first-order valence-electron chi connectivity index (χ1n) is 6.72. The first-order valence-corrected chi connectivity index (χ1v) is 6.72. The molecule has 0 bridgehead atoms. The molecule has 0 aromatic rings. The average molecular weight is 256 g/mol. The summed E-state index contributed by atoms with van der Waals surface area (Å²) in [7, 11) is 0. The summed E-state index contributed by atoms with van der Waals surface area (Å²) < 4.78 is 10.4. The van der Waals surface area contributed by atoms with Crippen molar-refractivity contribution in [1.82, 2.24) is 0 Å². The third-order valence-corrected chi connectivity index (χ3v) is 3.11. The highest BCUT2D eigenvalue weighted by molar-refractivity contribution is 5.83. The van der Waals surface area contributed by atoms with Crippen molar-refractivity contribution >= 4 is 11.9 Å². The molecule has 0 aromatic carbocycles. The molecule has 2 unspecified atom stereocenters. The highest BCUT2D eigenvalue weighted by Crippen LogP contribution is 2.38. The highest BCUT2D eigenvalue weighted by Gasteiger charge is 2.43. The number of hydrogen-bond acceptors (Lipinski definition) is 4. The Balaban J connectivity index is 2.69. The van der Waals surface area contributed by atoms with Gasteiger partial charge in [0.25, 0.3) is 0 Å². The maximum absolute atomic E-state index is 12.0. The molecule has 1 rings (SSSR count). The second-order valence-corrected chi connectivity index (χ2v) is 5.76. The van der Waals surface area contributed by atoms with E-state index in [0.717, 1.165) is 0 Å². The van der Waals surface area contributed by atoms with Crippen molar-refractivity contribution in [2.75, 3.05) is 0 Å². The van der Waals surface area contributed by atoms with Gasteiger partial charge in [0.05, 0.1) is 24.0 Å². The third kappa shape index (κ3) is 4.00. The van der Waals surface area contributed by atoms with E-state index in [1.807, 2.05) is 27.7 Å². The fourth-order valence-electron chi connectivity index (χ4n) is 2.45. The Morgan fingerprint density at radius 2 is 1.22 bits per heavy atom. The topological polar surface area (TPSA) is 52.6 Å². The van der Waals surface area contributed by atoms with E-state index >= 15 is 0 Å². The quantitative estimate of drug-likeness (QED) is 0.725. The van der Waals surface area contributed by atoms with E-state index in [0.29, 0.717) is 18.8 Å². The molecule has 1 saturated carbocycles. The van der Waals surface area contributed by atoms with Crippen LogP contribution in [0.1, 0.15) is 47.5 Å². The molecule has 0 saturated heterocycles. The van der Waals surface area contributed by atoms with Crippen LogP contribution in [0.4, 0.5) is 0 Å². The zero-order valence-electron chi connectivity index (χ0n) is 11.9. The van der Waals surface area contributed by atoms with Crippen LogP contribution in [0.2, 0.25) is 0 Å². The standard InChI is InChI=1S/C14H24O4/c1-8(2)17-13(15)11-6-10(5)7-12(11)14(16)18-9(3)4/h8-12H,6-7H2,1-5H3. The zero-order chi connectivity index (χ0) is 13.9. The van der Waals surface area contributed by atoms with Crippen molar-refractivity contribution in [3.05, 3.63) is 0 Å². The van der Waals surface area contributed by atoms with Gasteiger partial charge in [0.1, 0.15) is 0 Å². The molecular formula is C14H24O4. The minimum Gasteiger partial charge on any atom is -0.463 e. The van der Waals surface area contributed by atoms with E-state index in [1.165, 1.54) is 0 Å². The molecule has 104 valence electrons. The predicted octanol–water partition coefficient (Wildman–Crippen LogP) is 2.55. The minimum absolute atomic E-state index is 0.143. The fourth-order valence-corrected chi connectivity index (χ4v) is 2.45. The second-order valence-electron chi connectivity index (χ2n) is 5.76. The first-order chi connectivity index (χ1) is 8.31. The molecule has 18 heavy (non-hydrogen) atoms. The summed E-state index contributed by atoms with van der Waals surface area (Å²) in [5.41, 5.74) is 0. The molecule has 0 N–H and O–H groups in total. The summed E-state index contributed by atoms with van der Waals surface area (Å²) in [4.78, 5) is 23.9. The summed E-state index contributed by atoms with van der Waals surface area (Å²) in [6.07, 6.45) is 1.14. The Morgan fingerprint density at radius 3 is 1.50 bits per heavy atom. The van der Waals surface area contributed by atoms with Gasteiger partial charge in [0.2, 0.25) is 0 Å². The van der Waals surface area contributed by atoms with E-state index in [-0.39, 0.29) is 36.0 Å². The lowest BCUT2D eigenvalue weighted by Gasteiger charge is -2.19. The largest absolute Gasteiger partial charge is 0.463 e. The van der Waals surface area contributed by atoms with Crippen LogP contribution in [-0.4, -0.2) is 24.1 Å². The van der Waals surface area contributed by atoms with E-state index in [9.17, 15) is 9.59 Å². The Morgan fingerprint density at radius 1 is 0.889 bits per heavy atom. The summed E-state index contributed by atoms with van der Waals surface area (Å²) >= 11 is 0. The van der Waals surface area contributed by atoms with Crippen molar-refractivity contribution in [3.63, 3.8) is 0 Å². The molecule has 1 aliphatic carbocycles. The van der Waals surface area contributed by atoms with E-state index < -0.39 is 0 Å². The smallest absolute Gasteiger partial charge is 0.310 e. The van der Waals surface area contributed by atoms with Gasteiger partial charge in [-0.2, -0.15) is 0 Å². The average Bonchev–Trinajstić information content (AvgIpc) is 2.58. The van der Waals surface area contributed by atoms with E-state index in [1.54, 1.807) is 0 Å². The number of ether oxygens (including phenoxy) is 2. The minimum atomic E-state index is -0.339. The van der Waals surface area contributed by atoms with Gasteiger partial charge in [-0.05, 0) is 46.5 Å². The summed E-state index contributed by atoms with van der Waals surface area (Å²) in [5.74, 6) is -0.846. The van der Waals surface area contributed by atoms with Gasteiger partial charge in [0.15, 0.2) is 0 Å². The van der Waals surface area contributed by atoms with Crippen LogP contribution in [-0.2, 0) is 19.1 Å². The van der Waals surface area contributed by atoms with Crippen LogP contribution in [0.15, 0.2) is 0 Å². The molecule has 0 radical (unpaired) electrons. The summed E-state index contributed by atoms with van der Waals surface area (Å²) in [6, 6.07) is 0. The Kier molecular flexibility index (Phi) is 5.17. The highest BCUT2D eigenvalue weighted by atomic mass is 16.6. The van der Waals surface area contributed by atoms with Crippen molar-refractivity contribution < 1.29 is 19.1 Å². The molecule has 0 spiro atoms. The number of carbonyl (C=O) groups excluding carboxylic acids is 2. The van der Waals surface area contributed by atoms with Crippen LogP contribution in [0.3, 0.4) is 0 Å². The molecule has 0 heterocycles. The van der Waals surface area contributed by atoms with Gasteiger partial charge in [-0.1, -0.05) is 6.92 Å². The van der Waals surface area contributed by atoms with Crippen LogP contribution in [0.25, 0.3) is 0 Å². The van der Waals surface area contributed by atoms with Crippen LogP contribution >= 0.6 is 0 Å². The van der Waals surface area contributed by atoms with Crippen LogP contribution < -0.4 is 0 Å². The van der Waals surface area contributed by atoms with E-state index in [4.69, 9.17) is 9.47 Å². The summed E-state index contributed by atoms with van der Waals surface area (Å²) in [6.45, 7) is 9.32. The normalized spacial score (nSPS) is 27.6. The number of rotatable bonds is 4. The molecule has 0 aliphatic heterocycles. The summed E-state index contributed by atoms with van der Waals surface area (Å²) in [5, 5.41) is 0. The Hall–Kier alpha value is -1.06. The maximum Gasteiger partial charge on any atom is 0.310 e. The lowest BCUT2D eigenvalue weighted by atomic mass is 9.96. The Bertz CT molecular complexity index is 279.